The number of para-hydroxylation sites is 1. The molecule has 0 spiro atoms. The third-order valence-electron chi connectivity index (χ3n) is 5.95. The van der Waals surface area contributed by atoms with Crippen LogP contribution in [0.1, 0.15) is 39.9 Å². The van der Waals surface area contributed by atoms with Crippen molar-refractivity contribution in [3.63, 3.8) is 0 Å². The number of amides is 2. The molecule has 0 saturated carbocycles. The maximum Gasteiger partial charge on any atom is 0.276 e. The molecule has 1 fully saturated rings. The summed E-state index contributed by atoms with van der Waals surface area (Å²) in [5, 5.41) is 14.2. The van der Waals surface area contributed by atoms with Gasteiger partial charge >= 0.3 is 0 Å². The predicted molar refractivity (Wildman–Crippen MR) is 112 cm³/mol. The van der Waals surface area contributed by atoms with Crippen LogP contribution in [0, 0.1) is 0 Å². The zero-order valence-electron chi connectivity index (χ0n) is 16.9. The monoisotopic (exact) mass is 422 g/mol. The van der Waals surface area contributed by atoms with E-state index in [-0.39, 0.29) is 30.4 Å². The van der Waals surface area contributed by atoms with Crippen molar-refractivity contribution in [3.8, 4) is 5.75 Å². The van der Waals surface area contributed by atoms with Crippen molar-refractivity contribution in [2.24, 2.45) is 0 Å². The standard InChI is InChI=1S/C22H22N4O5/c1-12-6-7-31-17-11-25-10-15(19(27)20(28)18(25)22(30)26(12)17)21(29)23-9-14-8-13-4-2-3-5-16(13)24-14/h2-5,8,10,12,17,24,28H,6-7,9,11H2,1H3,(H,23,29)/t12-,17?/m1/s1. The van der Waals surface area contributed by atoms with Gasteiger partial charge in [-0.05, 0) is 30.9 Å². The molecule has 5 rings (SSSR count). The van der Waals surface area contributed by atoms with Gasteiger partial charge in [0.05, 0.1) is 19.7 Å². The lowest BCUT2D eigenvalue weighted by atomic mass is 10.1. The van der Waals surface area contributed by atoms with Crippen LogP contribution in [0.5, 0.6) is 5.75 Å². The summed E-state index contributed by atoms with van der Waals surface area (Å²) in [5.74, 6) is -1.80. The number of nitrogens with zero attached hydrogens (tertiary/aromatic N) is 2. The lowest BCUT2D eigenvalue weighted by Gasteiger charge is -2.44. The Morgan fingerprint density at radius 3 is 2.94 bits per heavy atom. The van der Waals surface area contributed by atoms with E-state index in [1.807, 2.05) is 37.3 Å². The van der Waals surface area contributed by atoms with E-state index in [0.29, 0.717) is 13.0 Å². The van der Waals surface area contributed by atoms with Gasteiger partial charge < -0.3 is 29.6 Å². The smallest absolute Gasteiger partial charge is 0.276 e. The third kappa shape index (κ3) is 3.17. The number of aromatic nitrogens is 2. The quantitative estimate of drug-likeness (QED) is 0.592. The molecule has 1 unspecified atom stereocenters. The Balaban J connectivity index is 1.42. The lowest BCUT2D eigenvalue weighted by molar-refractivity contribution is -0.112. The molecule has 2 aliphatic heterocycles. The molecule has 31 heavy (non-hydrogen) atoms. The molecule has 2 aliphatic rings. The second-order valence-corrected chi connectivity index (χ2v) is 7.96. The van der Waals surface area contributed by atoms with Gasteiger partial charge in [0.2, 0.25) is 5.43 Å². The highest BCUT2D eigenvalue weighted by atomic mass is 16.5. The lowest BCUT2D eigenvalue weighted by Crippen LogP contribution is -2.57. The summed E-state index contributed by atoms with van der Waals surface area (Å²) in [6.07, 6.45) is 1.52. The Bertz CT molecular complexity index is 1230. The predicted octanol–water partition coefficient (Wildman–Crippen LogP) is 1.56. The number of fused-ring (bicyclic) bond motifs is 3. The molecule has 2 atom stereocenters. The Hall–Kier alpha value is -3.59. The summed E-state index contributed by atoms with van der Waals surface area (Å²) in [6.45, 7) is 2.85. The first kappa shape index (κ1) is 19.4. The minimum atomic E-state index is -0.863. The minimum Gasteiger partial charge on any atom is -0.503 e. The van der Waals surface area contributed by atoms with E-state index in [0.717, 1.165) is 16.6 Å². The van der Waals surface area contributed by atoms with Crippen LogP contribution in [0.25, 0.3) is 10.9 Å². The van der Waals surface area contributed by atoms with Gasteiger partial charge in [0, 0.05) is 23.4 Å². The number of pyridine rings is 1. The summed E-state index contributed by atoms with van der Waals surface area (Å²) >= 11 is 0. The maximum atomic E-state index is 12.9. The van der Waals surface area contributed by atoms with E-state index in [1.165, 1.54) is 10.8 Å². The average Bonchev–Trinajstić information content (AvgIpc) is 3.17. The number of aromatic amines is 1. The first-order valence-electron chi connectivity index (χ1n) is 10.2. The Labute approximate surface area is 177 Å². The van der Waals surface area contributed by atoms with Crippen LogP contribution in [0.2, 0.25) is 0 Å². The molecule has 2 aromatic heterocycles. The number of nitrogens with one attached hydrogen (secondary N) is 2. The highest BCUT2D eigenvalue weighted by Crippen LogP contribution is 2.29. The van der Waals surface area contributed by atoms with Crippen LogP contribution in [0.15, 0.2) is 41.3 Å². The third-order valence-corrected chi connectivity index (χ3v) is 5.95. The highest BCUT2D eigenvalue weighted by Gasteiger charge is 2.41. The van der Waals surface area contributed by atoms with Gasteiger partial charge in [0.1, 0.15) is 5.56 Å². The van der Waals surface area contributed by atoms with Crippen molar-refractivity contribution in [1.82, 2.24) is 19.8 Å². The van der Waals surface area contributed by atoms with Gasteiger partial charge in [0.25, 0.3) is 11.8 Å². The number of hydrogen-bond donors (Lipinski definition) is 3. The molecule has 9 nitrogen and oxygen atoms in total. The Kier molecular flexibility index (Phi) is 4.55. The van der Waals surface area contributed by atoms with Crippen LogP contribution in [-0.4, -0.2) is 50.2 Å². The molecule has 0 aliphatic carbocycles. The van der Waals surface area contributed by atoms with Crippen LogP contribution in [0.4, 0.5) is 0 Å². The molecule has 1 saturated heterocycles. The first-order valence-corrected chi connectivity index (χ1v) is 10.2. The van der Waals surface area contributed by atoms with Gasteiger partial charge in [0.15, 0.2) is 17.7 Å². The number of carbonyl (C=O) groups excluding carboxylic acids is 2. The molecule has 160 valence electrons. The number of rotatable bonds is 3. The highest BCUT2D eigenvalue weighted by molar-refractivity contribution is 5.99. The van der Waals surface area contributed by atoms with Gasteiger partial charge in [-0.1, -0.05) is 18.2 Å². The molecule has 2 amide bonds. The molecular formula is C22H22N4O5. The van der Waals surface area contributed by atoms with E-state index in [9.17, 15) is 19.5 Å². The largest absolute Gasteiger partial charge is 0.503 e. The topological polar surface area (TPSA) is 117 Å². The zero-order chi connectivity index (χ0) is 21.7. The van der Waals surface area contributed by atoms with Crippen LogP contribution in [-0.2, 0) is 17.8 Å². The zero-order valence-corrected chi connectivity index (χ0v) is 16.9. The number of aromatic hydroxyl groups is 1. The van der Waals surface area contributed by atoms with Crippen molar-refractivity contribution < 1.29 is 19.4 Å². The SMILES string of the molecule is C[C@@H]1CCOC2Cn3cc(C(=O)NCc4cc5ccccc5[nH]4)c(=O)c(O)c3C(=O)N21. The van der Waals surface area contributed by atoms with Gasteiger partial charge in [-0.2, -0.15) is 0 Å². The van der Waals surface area contributed by atoms with Gasteiger partial charge in [-0.15, -0.1) is 0 Å². The van der Waals surface area contributed by atoms with Crippen molar-refractivity contribution in [2.45, 2.75) is 38.7 Å². The fourth-order valence-electron chi connectivity index (χ4n) is 4.32. The maximum absolute atomic E-state index is 12.9. The fourth-order valence-corrected chi connectivity index (χ4v) is 4.32. The van der Waals surface area contributed by atoms with Crippen molar-refractivity contribution in [2.75, 3.05) is 6.61 Å². The summed E-state index contributed by atoms with van der Waals surface area (Å²) in [6, 6.07) is 9.59. The number of H-pyrrole nitrogens is 1. The van der Waals surface area contributed by atoms with Crippen molar-refractivity contribution in [1.29, 1.82) is 0 Å². The van der Waals surface area contributed by atoms with Crippen LogP contribution in [0.3, 0.4) is 0 Å². The summed E-state index contributed by atoms with van der Waals surface area (Å²) in [5.41, 5.74) is 0.543. The van der Waals surface area contributed by atoms with Crippen LogP contribution < -0.4 is 10.7 Å². The number of ether oxygens (including phenoxy) is 1. The summed E-state index contributed by atoms with van der Waals surface area (Å²) < 4.78 is 7.14. The van der Waals surface area contributed by atoms with Gasteiger partial charge in [-0.25, -0.2) is 0 Å². The molecule has 0 bridgehead atoms. The van der Waals surface area contributed by atoms with Gasteiger partial charge in [-0.3, -0.25) is 14.4 Å². The normalized spacial score (nSPS) is 20.4. The molecule has 3 aromatic rings. The molecular weight excluding hydrogens is 400 g/mol. The van der Waals surface area contributed by atoms with Crippen molar-refractivity contribution >= 4 is 22.7 Å². The molecule has 4 heterocycles. The molecule has 1 aromatic carbocycles. The van der Waals surface area contributed by atoms with E-state index < -0.39 is 29.2 Å². The molecule has 9 heteroatoms. The Morgan fingerprint density at radius 2 is 2.13 bits per heavy atom. The second-order valence-electron chi connectivity index (χ2n) is 7.96. The van der Waals surface area contributed by atoms with E-state index in [4.69, 9.17) is 4.74 Å². The van der Waals surface area contributed by atoms with E-state index in [1.54, 1.807) is 4.90 Å². The van der Waals surface area contributed by atoms with E-state index >= 15 is 0 Å². The number of carbonyl (C=O) groups is 2. The van der Waals surface area contributed by atoms with E-state index in [2.05, 4.69) is 10.3 Å². The number of benzene rings is 1. The minimum absolute atomic E-state index is 0.0613. The summed E-state index contributed by atoms with van der Waals surface area (Å²) in [7, 11) is 0. The Morgan fingerprint density at radius 1 is 1.32 bits per heavy atom. The second kappa shape index (κ2) is 7.28. The fraction of sp³-hybridized carbons (Fsp3) is 0.318. The van der Waals surface area contributed by atoms with Crippen LogP contribution >= 0.6 is 0 Å². The molecule has 3 N–H and O–H groups in total. The van der Waals surface area contributed by atoms with Crippen molar-refractivity contribution in [3.05, 3.63) is 63.7 Å². The first-order chi connectivity index (χ1) is 14.9. The molecule has 0 radical (unpaired) electrons. The summed E-state index contributed by atoms with van der Waals surface area (Å²) in [4.78, 5) is 43.1. The average molecular weight is 422 g/mol. The number of hydrogen-bond acceptors (Lipinski definition) is 5.